The molecule has 0 amide bonds. The van der Waals surface area contributed by atoms with Crippen molar-refractivity contribution in [3.8, 4) is 0 Å². The van der Waals surface area contributed by atoms with Gasteiger partial charge in [0.25, 0.3) is 0 Å². The summed E-state index contributed by atoms with van der Waals surface area (Å²) in [6.07, 6.45) is 14.0. The summed E-state index contributed by atoms with van der Waals surface area (Å²) in [5.74, 6) is 0. The summed E-state index contributed by atoms with van der Waals surface area (Å²) in [4.78, 5) is 0. The van der Waals surface area contributed by atoms with Crippen LogP contribution in [0.4, 0.5) is 0 Å². The maximum atomic E-state index is 6.46. The van der Waals surface area contributed by atoms with Crippen LogP contribution < -0.4 is 0 Å². The van der Waals surface area contributed by atoms with Gasteiger partial charge in [-0.3, -0.25) is 0 Å². The van der Waals surface area contributed by atoms with E-state index in [4.69, 9.17) is 11.8 Å². The zero-order chi connectivity index (χ0) is 13.7. The van der Waals surface area contributed by atoms with Crippen molar-refractivity contribution < 1.29 is 4.00 Å². The monoisotopic (exact) mass is 276 g/mol. The number of hydrogen-bond donors (Lipinski definition) is 0. The molecule has 1 nitrogen and oxygen atoms in total. The summed E-state index contributed by atoms with van der Waals surface area (Å²) >= 11 is 6.46. The van der Waals surface area contributed by atoms with E-state index in [2.05, 4.69) is 20.8 Å². The lowest BCUT2D eigenvalue weighted by atomic mass is 10.1. The summed E-state index contributed by atoms with van der Waals surface area (Å²) in [5, 5.41) is 0. The lowest BCUT2D eigenvalue weighted by Gasteiger charge is -2.26. The van der Waals surface area contributed by atoms with Crippen LogP contribution >= 0.6 is 11.8 Å². The molecule has 0 unspecified atom stereocenters. The third-order valence-corrected chi connectivity index (χ3v) is 4.69. The number of hydrogen-bond acceptors (Lipinski definition) is 0. The minimum atomic E-state index is 0.733. The van der Waals surface area contributed by atoms with Crippen LogP contribution in [0.5, 0.6) is 0 Å². The first kappa shape index (κ1) is 18.2. The van der Waals surface area contributed by atoms with Crippen molar-refractivity contribution in [1.82, 2.24) is 0 Å². The molecule has 0 radical (unpaired) electrons. The highest BCUT2D eigenvalue weighted by atomic mass is 35.5. The van der Waals surface area contributed by atoms with Crippen LogP contribution in [0.15, 0.2) is 0 Å². The molecule has 0 aliphatic rings. The first-order valence-corrected chi connectivity index (χ1v) is 8.58. The number of quaternary nitrogens is 1. The van der Waals surface area contributed by atoms with Gasteiger partial charge in [-0.05, 0) is 26.7 Å². The average molecular weight is 277 g/mol. The lowest BCUT2D eigenvalue weighted by molar-refractivity contribution is -0.811. The van der Waals surface area contributed by atoms with Crippen molar-refractivity contribution in [2.45, 2.75) is 85.0 Å². The summed E-state index contributed by atoms with van der Waals surface area (Å²) < 4.78 is 0.733. The van der Waals surface area contributed by atoms with Crippen molar-refractivity contribution in [3.05, 3.63) is 0 Å². The molecule has 0 aliphatic carbocycles. The number of unbranched alkanes of at least 4 members (excludes halogenated alkanes) is 9. The molecule has 18 heavy (non-hydrogen) atoms. The first-order chi connectivity index (χ1) is 8.68. The summed E-state index contributed by atoms with van der Waals surface area (Å²) in [6.45, 7) is 9.90. The summed E-state index contributed by atoms with van der Waals surface area (Å²) in [5.41, 5.74) is 0. The second-order valence-corrected chi connectivity index (χ2v) is 6.28. The lowest BCUT2D eigenvalue weighted by Crippen LogP contribution is -2.38. The fraction of sp³-hybridized carbons (Fsp3) is 1.00. The second-order valence-electron chi connectivity index (χ2n) is 5.57. The van der Waals surface area contributed by atoms with Gasteiger partial charge in [-0.1, -0.05) is 58.3 Å². The van der Waals surface area contributed by atoms with Gasteiger partial charge in [-0.2, -0.15) is 0 Å². The Bertz CT molecular complexity index is 166. The van der Waals surface area contributed by atoms with Crippen LogP contribution in [0, 0.1) is 0 Å². The molecule has 0 heterocycles. The minimum Gasteiger partial charge on any atom is -0.222 e. The number of nitrogens with zero attached hydrogens (tertiary/aromatic N) is 1. The van der Waals surface area contributed by atoms with Crippen molar-refractivity contribution >= 4 is 11.8 Å². The Hall–Kier alpha value is 0.250. The highest BCUT2D eigenvalue weighted by Gasteiger charge is 2.19. The third kappa shape index (κ3) is 10.2. The highest BCUT2D eigenvalue weighted by Crippen LogP contribution is 2.15. The first-order valence-electron chi connectivity index (χ1n) is 8.24. The van der Waals surface area contributed by atoms with Crippen LogP contribution in [-0.2, 0) is 0 Å². The predicted molar refractivity (Wildman–Crippen MR) is 83.9 cm³/mol. The van der Waals surface area contributed by atoms with E-state index in [-0.39, 0.29) is 0 Å². The van der Waals surface area contributed by atoms with Gasteiger partial charge in [-0.25, -0.2) is 4.00 Å². The Morgan fingerprint density at radius 1 is 0.611 bits per heavy atom. The zero-order valence-electron chi connectivity index (χ0n) is 13.0. The van der Waals surface area contributed by atoms with Gasteiger partial charge >= 0.3 is 0 Å². The van der Waals surface area contributed by atoms with Crippen molar-refractivity contribution in [3.63, 3.8) is 0 Å². The van der Waals surface area contributed by atoms with E-state index in [9.17, 15) is 0 Å². The van der Waals surface area contributed by atoms with Crippen LogP contribution in [0.25, 0.3) is 0 Å². The molecule has 0 N–H and O–H groups in total. The fourth-order valence-corrected chi connectivity index (χ4v) is 2.54. The van der Waals surface area contributed by atoms with Gasteiger partial charge in [0.1, 0.15) is 0 Å². The Morgan fingerprint density at radius 3 is 1.39 bits per heavy atom. The third-order valence-electron chi connectivity index (χ3n) is 4.05. The van der Waals surface area contributed by atoms with Gasteiger partial charge in [0, 0.05) is 0 Å². The predicted octanol–water partition coefficient (Wildman–Crippen LogP) is 5.92. The zero-order valence-corrected chi connectivity index (χ0v) is 13.8. The van der Waals surface area contributed by atoms with E-state index < -0.39 is 0 Å². The molecule has 0 aromatic rings. The van der Waals surface area contributed by atoms with Gasteiger partial charge < -0.3 is 0 Å². The standard InChI is InChI=1S/C16H35ClN/c1-4-7-8-9-10-11-12-13-14-15-16-18(17,5-2)6-3/h4-16H2,1-3H3/q+1. The molecule has 2 heteroatoms. The smallest absolute Gasteiger partial charge is 0.165 e. The van der Waals surface area contributed by atoms with E-state index in [1.54, 1.807) is 0 Å². The van der Waals surface area contributed by atoms with Gasteiger partial charge in [0.15, 0.2) is 11.8 Å². The van der Waals surface area contributed by atoms with E-state index in [0.29, 0.717) is 0 Å². The molecule has 0 saturated carbocycles. The van der Waals surface area contributed by atoms with E-state index in [0.717, 1.165) is 23.6 Å². The molecular formula is C16H35ClN+. The average Bonchev–Trinajstić information content (AvgIpc) is 2.40. The molecule has 0 aromatic carbocycles. The Labute approximate surface area is 121 Å². The molecule has 0 rings (SSSR count). The molecule has 0 saturated heterocycles. The summed E-state index contributed by atoms with van der Waals surface area (Å²) in [7, 11) is 0. The highest BCUT2D eigenvalue weighted by molar-refractivity contribution is 6.06. The van der Waals surface area contributed by atoms with Crippen molar-refractivity contribution in [2.75, 3.05) is 19.6 Å². The molecular weight excluding hydrogens is 242 g/mol. The van der Waals surface area contributed by atoms with Crippen LogP contribution in [0.3, 0.4) is 0 Å². The largest absolute Gasteiger partial charge is 0.222 e. The SMILES string of the molecule is CCCCCCCCCCCC[N+](Cl)(CC)CC. The van der Waals surface area contributed by atoms with E-state index >= 15 is 0 Å². The molecule has 110 valence electrons. The second kappa shape index (κ2) is 12.3. The topological polar surface area (TPSA) is 0 Å². The molecule has 0 atom stereocenters. The number of rotatable bonds is 13. The molecule has 0 fully saturated rings. The Morgan fingerprint density at radius 2 is 1.00 bits per heavy atom. The maximum Gasteiger partial charge on any atom is 0.165 e. The Balaban J connectivity index is 3.21. The van der Waals surface area contributed by atoms with Crippen LogP contribution in [-0.4, -0.2) is 23.6 Å². The normalized spacial score (nSPS) is 12.0. The van der Waals surface area contributed by atoms with Gasteiger partial charge in [0.2, 0.25) is 0 Å². The molecule has 0 bridgehead atoms. The Kier molecular flexibility index (Phi) is 12.5. The van der Waals surface area contributed by atoms with Crippen LogP contribution in [0.1, 0.15) is 85.0 Å². The van der Waals surface area contributed by atoms with Gasteiger partial charge in [-0.15, -0.1) is 0 Å². The summed E-state index contributed by atoms with van der Waals surface area (Å²) in [6, 6.07) is 0. The minimum absolute atomic E-state index is 0.733. The van der Waals surface area contributed by atoms with Crippen molar-refractivity contribution in [2.24, 2.45) is 0 Å². The quantitative estimate of drug-likeness (QED) is 0.289. The van der Waals surface area contributed by atoms with Crippen molar-refractivity contribution in [1.29, 1.82) is 0 Å². The fourth-order valence-electron chi connectivity index (χ4n) is 2.42. The molecule has 0 spiro atoms. The van der Waals surface area contributed by atoms with E-state index in [1.807, 2.05) is 0 Å². The number of halogens is 1. The molecule has 0 aliphatic heterocycles. The molecule has 0 aromatic heterocycles. The van der Waals surface area contributed by atoms with Crippen LogP contribution in [0.2, 0.25) is 0 Å². The maximum absolute atomic E-state index is 6.46. The van der Waals surface area contributed by atoms with E-state index in [1.165, 1.54) is 64.2 Å². The van der Waals surface area contributed by atoms with Gasteiger partial charge in [0.05, 0.1) is 19.6 Å².